The Morgan fingerprint density at radius 2 is 2.25 bits per heavy atom. The first kappa shape index (κ1) is 13.9. The summed E-state index contributed by atoms with van der Waals surface area (Å²) in [6.45, 7) is 0. The summed E-state index contributed by atoms with van der Waals surface area (Å²) in [6, 6.07) is 5.22. The van der Waals surface area contributed by atoms with Crippen molar-refractivity contribution in [1.82, 2.24) is 14.8 Å². The second kappa shape index (κ2) is 5.71. The molecule has 0 aliphatic rings. The van der Waals surface area contributed by atoms with Crippen LogP contribution in [0.3, 0.4) is 0 Å². The molecule has 104 valence electrons. The second-order valence-electron chi connectivity index (χ2n) is 4.41. The third-order valence-corrected chi connectivity index (χ3v) is 4.44. The highest BCUT2D eigenvalue weighted by atomic mass is 35.5. The standard InChI is InChI=1S/C13H12Cl2N4S/c14-8-1-2-11(15)10(5-8)12(18-16)6-9-7-19-3-4-20-13(19)17-9/h1-5,7,12,18H,6,16H2. The van der Waals surface area contributed by atoms with Gasteiger partial charge in [-0.2, -0.15) is 0 Å². The Balaban J connectivity index is 1.89. The van der Waals surface area contributed by atoms with Crippen LogP contribution in [0.4, 0.5) is 0 Å². The second-order valence-corrected chi connectivity index (χ2v) is 6.13. The summed E-state index contributed by atoms with van der Waals surface area (Å²) in [5.41, 5.74) is 4.61. The molecule has 0 radical (unpaired) electrons. The zero-order valence-corrected chi connectivity index (χ0v) is 12.7. The van der Waals surface area contributed by atoms with Crippen molar-refractivity contribution in [3.8, 4) is 0 Å². The number of hydrogen-bond donors (Lipinski definition) is 2. The summed E-state index contributed by atoms with van der Waals surface area (Å²) in [5.74, 6) is 5.66. The minimum atomic E-state index is -0.134. The molecule has 3 aromatic rings. The van der Waals surface area contributed by atoms with E-state index in [0.29, 0.717) is 16.5 Å². The lowest BCUT2D eigenvalue weighted by Gasteiger charge is -2.16. The molecular weight excluding hydrogens is 315 g/mol. The average Bonchev–Trinajstić information content (AvgIpc) is 3.00. The Kier molecular flexibility index (Phi) is 3.96. The number of nitrogens with one attached hydrogen (secondary N) is 1. The molecule has 0 fully saturated rings. The van der Waals surface area contributed by atoms with Gasteiger partial charge in [0.1, 0.15) is 0 Å². The lowest BCUT2D eigenvalue weighted by Crippen LogP contribution is -2.29. The molecule has 0 bridgehead atoms. The number of benzene rings is 1. The molecule has 4 nitrogen and oxygen atoms in total. The van der Waals surface area contributed by atoms with Crippen LogP contribution in [-0.4, -0.2) is 9.38 Å². The van der Waals surface area contributed by atoms with Gasteiger partial charge in [-0.05, 0) is 23.8 Å². The summed E-state index contributed by atoms with van der Waals surface area (Å²) in [4.78, 5) is 5.51. The van der Waals surface area contributed by atoms with E-state index in [-0.39, 0.29) is 6.04 Å². The van der Waals surface area contributed by atoms with Crippen molar-refractivity contribution >= 4 is 39.5 Å². The van der Waals surface area contributed by atoms with E-state index in [0.717, 1.165) is 16.2 Å². The van der Waals surface area contributed by atoms with E-state index in [1.54, 1.807) is 23.5 Å². The van der Waals surface area contributed by atoms with E-state index in [2.05, 4.69) is 10.4 Å². The molecule has 1 atom stereocenters. The van der Waals surface area contributed by atoms with Crippen molar-refractivity contribution in [3.63, 3.8) is 0 Å². The molecule has 0 amide bonds. The highest BCUT2D eigenvalue weighted by Gasteiger charge is 2.16. The van der Waals surface area contributed by atoms with Crippen LogP contribution in [0.1, 0.15) is 17.3 Å². The van der Waals surface area contributed by atoms with Crippen LogP contribution in [0.2, 0.25) is 10.0 Å². The van der Waals surface area contributed by atoms with Crippen LogP contribution < -0.4 is 11.3 Å². The molecule has 3 rings (SSSR count). The molecule has 0 saturated heterocycles. The Bertz CT molecular complexity index is 708. The van der Waals surface area contributed by atoms with Crippen LogP contribution in [0.25, 0.3) is 4.96 Å². The van der Waals surface area contributed by atoms with Gasteiger partial charge in [-0.15, -0.1) is 11.3 Å². The Morgan fingerprint density at radius 1 is 1.40 bits per heavy atom. The number of hydrazine groups is 1. The Morgan fingerprint density at radius 3 is 3.00 bits per heavy atom. The third kappa shape index (κ3) is 2.68. The van der Waals surface area contributed by atoms with Gasteiger partial charge < -0.3 is 0 Å². The Hall–Kier alpha value is -1.11. The predicted molar refractivity (Wildman–Crippen MR) is 83.3 cm³/mol. The summed E-state index contributed by atoms with van der Waals surface area (Å²) in [6.07, 6.45) is 4.62. The van der Waals surface area contributed by atoms with Gasteiger partial charge in [0.05, 0.1) is 11.7 Å². The number of nitrogens with zero attached hydrogens (tertiary/aromatic N) is 2. The molecule has 2 aromatic heterocycles. The number of halogens is 2. The molecule has 0 saturated carbocycles. The van der Waals surface area contributed by atoms with Crippen molar-refractivity contribution in [2.45, 2.75) is 12.5 Å². The molecule has 0 aliphatic carbocycles. The van der Waals surface area contributed by atoms with Gasteiger partial charge in [-0.25, -0.2) is 4.98 Å². The maximum absolute atomic E-state index is 6.22. The van der Waals surface area contributed by atoms with Crippen molar-refractivity contribution in [2.75, 3.05) is 0 Å². The van der Waals surface area contributed by atoms with Crippen LogP contribution in [0.15, 0.2) is 36.0 Å². The lowest BCUT2D eigenvalue weighted by atomic mass is 10.0. The highest BCUT2D eigenvalue weighted by Crippen LogP contribution is 2.28. The first-order valence-electron chi connectivity index (χ1n) is 5.99. The first-order valence-corrected chi connectivity index (χ1v) is 7.63. The van der Waals surface area contributed by atoms with Crippen molar-refractivity contribution in [1.29, 1.82) is 0 Å². The van der Waals surface area contributed by atoms with Gasteiger partial charge >= 0.3 is 0 Å². The number of aromatic nitrogens is 2. The van der Waals surface area contributed by atoms with Crippen molar-refractivity contribution < 1.29 is 0 Å². The molecule has 1 unspecified atom stereocenters. The largest absolute Gasteiger partial charge is 0.297 e. The average molecular weight is 327 g/mol. The molecular formula is C13H12Cl2N4S. The lowest BCUT2D eigenvalue weighted by molar-refractivity contribution is 0.547. The number of thiazole rings is 1. The van der Waals surface area contributed by atoms with E-state index >= 15 is 0 Å². The van der Waals surface area contributed by atoms with E-state index in [1.807, 2.05) is 28.2 Å². The minimum absolute atomic E-state index is 0.134. The molecule has 2 heterocycles. The zero-order valence-electron chi connectivity index (χ0n) is 10.4. The van der Waals surface area contributed by atoms with E-state index in [9.17, 15) is 0 Å². The van der Waals surface area contributed by atoms with Crippen molar-refractivity contribution in [3.05, 3.63) is 57.3 Å². The van der Waals surface area contributed by atoms with Gasteiger partial charge in [0.2, 0.25) is 0 Å². The topological polar surface area (TPSA) is 55.3 Å². The van der Waals surface area contributed by atoms with Gasteiger partial charge in [-0.1, -0.05) is 23.2 Å². The molecule has 1 aromatic carbocycles. The number of fused-ring (bicyclic) bond motifs is 1. The molecule has 3 N–H and O–H groups in total. The number of imidazole rings is 1. The summed E-state index contributed by atoms with van der Waals surface area (Å²) < 4.78 is 1.99. The highest BCUT2D eigenvalue weighted by molar-refractivity contribution is 7.15. The van der Waals surface area contributed by atoms with Crippen molar-refractivity contribution in [2.24, 2.45) is 5.84 Å². The number of nitrogens with two attached hydrogens (primary N) is 1. The quantitative estimate of drug-likeness (QED) is 0.570. The fraction of sp³-hybridized carbons (Fsp3) is 0.154. The smallest absolute Gasteiger partial charge is 0.193 e. The molecule has 0 aliphatic heterocycles. The maximum Gasteiger partial charge on any atom is 0.193 e. The normalized spacial score (nSPS) is 12.9. The monoisotopic (exact) mass is 326 g/mol. The fourth-order valence-electron chi connectivity index (χ4n) is 2.12. The summed E-state index contributed by atoms with van der Waals surface area (Å²) in [5, 5.41) is 3.27. The number of hydrogen-bond acceptors (Lipinski definition) is 4. The fourth-order valence-corrected chi connectivity index (χ4v) is 3.27. The summed E-state index contributed by atoms with van der Waals surface area (Å²) >= 11 is 13.8. The molecule has 0 spiro atoms. The van der Waals surface area contributed by atoms with Gasteiger partial charge in [-0.3, -0.25) is 15.7 Å². The first-order chi connectivity index (χ1) is 9.67. The summed E-state index contributed by atoms with van der Waals surface area (Å²) in [7, 11) is 0. The third-order valence-electron chi connectivity index (χ3n) is 3.09. The van der Waals surface area contributed by atoms with Crippen LogP contribution in [0.5, 0.6) is 0 Å². The van der Waals surface area contributed by atoms with Gasteiger partial charge in [0.25, 0.3) is 0 Å². The van der Waals surface area contributed by atoms with Gasteiger partial charge in [0.15, 0.2) is 4.96 Å². The molecule has 20 heavy (non-hydrogen) atoms. The van der Waals surface area contributed by atoms with E-state index in [1.165, 1.54) is 0 Å². The zero-order chi connectivity index (χ0) is 14.1. The molecule has 7 heteroatoms. The number of rotatable bonds is 4. The predicted octanol–water partition coefficient (Wildman–Crippen LogP) is 3.45. The Labute approximate surface area is 130 Å². The van der Waals surface area contributed by atoms with Crippen LogP contribution in [-0.2, 0) is 6.42 Å². The van der Waals surface area contributed by atoms with Gasteiger partial charge in [0, 0.05) is 34.2 Å². The SMILES string of the molecule is NNC(Cc1cn2ccsc2n1)c1cc(Cl)ccc1Cl. The van der Waals surface area contributed by atoms with Crippen LogP contribution in [0, 0.1) is 0 Å². The van der Waals surface area contributed by atoms with E-state index in [4.69, 9.17) is 29.0 Å². The van der Waals surface area contributed by atoms with E-state index < -0.39 is 0 Å². The minimum Gasteiger partial charge on any atom is -0.297 e. The van der Waals surface area contributed by atoms with Crippen LogP contribution >= 0.6 is 34.5 Å². The maximum atomic E-state index is 6.22.